The number of aromatic nitrogens is 1. The van der Waals surface area contributed by atoms with E-state index in [9.17, 15) is 0 Å². The number of likely N-dealkylation sites (tertiary alicyclic amines) is 1. The number of rotatable bonds is 5. The maximum atomic E-state index is 5.38. The first-order valence-electron chi connectivity index (χ1n) is 7.63. The number of benzene rings is 1. The van der Waals surface area contributed by atoms with E-state index in [0.717, 1.165) is 43.2 Å². The van der Waals surface area contributed by atoms with Gasteiger partial charge in [-0.3, -0.25) is 9.88 Å². The summed E-state index contributed by atoms with van der Waals surface area (Å²) in [5, 5.41) is 0. The summed E-state index contributed by atoms with van der Waals surface area (Å²) in [6.45, 7) is 3.06. The molecule has 0 aliphatic carbocycles. The van der Waals surface area contributed by atoms with Gasteiger partial charge in [0.05, 0.1) is 19.9 Å². The quantitative estimate of drug-likeness (QED) is 0.849. The van der Waals surface area contributed by atoms with E-state index in [1.54, 1.807) is 14.2 Å². The van der Waals surface area contributed by atoms with Gasteiger partial charge in [0.25, 0.3) is 0 Å². The molecule has 0 amide bonds. The van der Waals surface area contributed by atoms with E-state index in [0.29, 0.717) is 5.92 Å². The number of hydrogen-bond acceptors (Lipinski definition) is 4. The molecule has 1 aromatic heterocycles. The SMILES string of the molecule is COc1cc(OC)cc(C2CCN(Cc3ccccn3)C2)c1. The molecule has 22 heavy (non-hydrogen) atoms. The highest BCUT2D eigenvalue weighted by Crippen LogP contribution is 2.33. The molecular formula is C18H22N2O2. The van der Waals surface area contributed by atoms with E-state index in [2.05, 4.69) is 28.1 Å². The van der Waals surface area contributed by atoms with Crippen molar-refractivity contribution in [3.05, 3.63) is 53.9 Å². The van der Waals surface area contributed by atoms with E-state index in [1.165, 1.54) is 5.56 Å². The van der Waals surface area contributed by atoms with Gasteiger partial charge < -0.3 is 9.47 Å². The monoisotopic (exact) mass is 298 g/mol. The average molecular weight is 298 g/mol. The number of nitrogens with zero attached hydrogens (tertiary/aromatic N) is 2. The Hall–Kier alpha value is -2.07. The third-order valence-electron chi connectivity index (χ3n) is 4.23. The molecule has 3 rings (SSSR count). The van der Waals surface area contributed by atoms with Crippen LogP contribution in [0, 0.1) is 0 Å². The lowest BCUT2D eigenvalue weighted by Crippen LogP contribution is -2.20. The zero-order chi connectivity index (χ0) is 15.4. The number of pyridine rings is 1. The van der Waals surface area contributed by atoms with Crippen LogP contribution in [-0.4, -0.2) is 37.2 Å². The zero-order valence-electron chi connectivity index (χ0n) is 13.2. The molecular weight excluding hydrogens is 276 g/mol. The Labute approximate surface area is 131 Å². The predicted molar refractivity (Wildman–Crippen MR) is 86.4 cm³/mol. The highest BCUT2D eigenvalue weighted by atomic mass is 16.5. The first kappa shape index (κ1) is 14.9. The minimum atomic E-state index is 0.521. The van der Waals surface area contributed by atoms with Gasteiger partial charge in [-0.1, -0.05) is 6.07 Å². The summed E-state index contributed by atoms with van der Waals surface area (Å²) in [7, 11) is 3.39. The molecule has 4 nitrogen and oxygen atoms in total. The Kier molecular flexibility index (Phi) is 4.59. The van der Waals surface area contributed by atoms with Crippen LogP contribution in [0.2, 0.25) is 0 Å². The van der Waals surface area contributed by atoms with Crippen LogP contribution in [0.3, 0.4) is 0 Å². The molecule has 0 bridgehead atoms. The molecule has 1 atom stereocenters. The molecule has 1 aliphatic rings. The standard InChI is InChI=1S/C18H22N2O2/c1-21-17-9-15(10-18(11-17)22-2)14-6-8-20(12-14)13-16-5-3-4-7-19-16/h3-5,7,9-11,14H,6,8,12-13H2,1-2H3. The Balaban J connectivity index is 1.69. The van der Waals surface area contributed by atoms with Gasteiger partial charge in [-0.05, 0) is 48.7 Å². The van der Waals surface area contributed by atoms with Gasteiger partial charge in [-0.2, -0.15) is 0 Å². The molecule has 1 saturated heterocycles. The van der Waals surface area contributed by atoms with Gasteiger partial charge in [-0.15, -0.1) is 0 Å². The van der Waals surface area contributed by atoms with Crippen LogP contribution in [-0.2, 0) is 6.54 Å². The van der Waals surface area contributed by atoms with Crippen molar-refractivity contribution in [3.63, 3.8) is 0 Å². The molecule has 0 saturated carbocycles. The predicted octanol–water partition coefficient (Wildman–Crippen LogP) is 3.09. The lowest BCUT2D eigenvalue weighted by molar-refractivity contribution is 0.322. The summed E-state index contributed by atoms with van der Waals surface area (Å²) in [5.41, 5.74) is 2.42. The lowest BCUT2D eigenvalue weighted by Gasteiger charge is -2.16. The first-order chi connectivity index (χ1) is 10.8. The molecule has 1 unspecified atom stereocenters. The molecule has 2 aromatic rings. The van der Waals surface area contributed by atoms with Crippen LogP contribution in [0.4, 0.5) is 0 Å². The molecule has 4 heteroatoms. The van der Waals surface area contributed by atoms with E-state index in [-0.39, 0.29) is 0 Å². The van der Waals surface area contributed by atoms with Crippen molar-refractivity contribution in [2.24, 2.45) is 0 Å². The van der Waals surface area contributed by atoms with Crippen molar-refractivity contribution < 1.29 is 9.47 Å². The van der Waals surface area contributed by atoms with Crippen LogP contribution in [0.5, 0.6) is 11.5 Å². The van der Waals surface area contributed by atoms with Crippen molar-refractivity contribution in [2.45, 2.75) is 18.9 Å². The molecule has 0 radical (unpaired) electrons. The maximum absolute atomic E-state index is 5.38. The van der Waals surface area contributed by atoms with Gasteiger partial charge in [0, 0.05) is 25.4 Å². The van der Waals surface area contributed by atoms with Gasteiger partial charge in [0.2, 0.25) is 0 Å². The van der Waals surface area contributed by atoms with Gasteiger partial charge in [-0.25, -0.2) is 0 Å². The van der Waals surface area contributed by atoms with Gasteiger partial charge in [0.1, 0.15) is 11.5 Å². The molecule has 1 fully saturated rings. The fraction of sp³-hybridized carbons (Fsp3) is 0.389. The topological polar surface area (TPSA) is 34.6 Å². The van der Waals surface area contributed by atoms with Crippen molar-refractivity contribution in [1.82, 2.24) is 9.88 Å². The minimum absolute atomic E-state index is 0.521. The Morgan fingerprint density at radius 2 is 1.91 bits per heavy atom. The van der Waals surface area contributed by atoms with Crippen LogP contribution < -0.4 is 9.47 Å². The summed E-state index contributed by atoms with van der Waals surface area (Å²) in [4.78, 5) is 6.87. The molecule has 0 N–H and O–H groups in total. The van der Waals surface area contributed by atoms with Crippen molar-refractivity contribution in [2.75, 3.05) is 27.3 Å². The summed E-state index contributed by atoms with van der Waals surface area (Å²) in [5.74, 6) is 2.24. The number of hydrogen-bond donors (Lipinski definition) is 0. The van der Waals surface area contributed by atoms with Crippen molar-refractivity contribution in [1.29, 1.82) is 0 Å². The Morgan fingerprint density at radius 1 is 1.14 bits per heavy atom. The second kappa shape index (κ2) is 6.79. The second-order valence-electron chi connectivity index (χ2n) is 5.69. The van der Waals surface area contributed by atoms with E-state index >= 15 is 0 Å². The fourth-order valence-electron chi connectivity index (χ4n) is 3.03. The number of methoxy groups -OCH3 is 2. The zero-order valence-corrected chi connectivity index (χ0v) is 13.2. The van der Waals surface area contributed by atoms with E-state index in [1.807, 2.05) is 24.4 Å². The van der Waals surface area contributed by atoms with E-state index < -0.39 is 0 Å². The average Bonchev–Trinajstić information content (AvgIpc) is 3.03. The van der Waals surface area contributed by atoms with Crippen LogP contribution in [0.1, 0.15) is 23.6 Å². The highest BCUT2D eigenvalue weighted by Gasteiger charge is 2.25. The van der Waals surface area contributed by atoms with Crippen LogP contribution in [0.25, 0.3) is 0 Å². The molecule has 0 spiro atoms. The summed E-state index contributed by atoms with van der Waals surface area (Å²) in [6.07, 6.45) is 3.01. The molecule has 1 aromatic carbocycles. The van der Waals surface area contributed by atoms with Crippen molar-refractivity contribution >= 4 is 0 Å². The smallest absolute Gasteiger partial charge is 0.122 e. The lowest BCUT2D eigenvalue weighted by atomic mass is 9.98. The van der Waals surface area contributed by atoms with Gasteiger partial charge in [0.15, 0.2) is 0 Å². The molecule has 116 valence electrons. The Bertz CT molecular complexity index is 593. The largest absolute Gasteiger partial charge is 0.497 e. The van der Waals surface area contributed by atoms with Crippen LogP contribution in [0.15, 0.2) is 42.6 Å². The van der Waals surface area contributed by atoms with E-state index in [4.69, 9.17) is 9.47 Å². The first-order valence-corrected chi connectivity index (χ1v) is 7.63. The summed E-state index contributed by atoms with van der Waals surface area (Å²) >= 11 is 0. The summed E-state index contributed by atoms with van der Waals surface area (Å²) < 4.78 is 10.8. The second-order valence-corrected chi connectivity index (χ2v) is 5.69. The third-order valence-corrected chi connectivity index (χ3v) is 4.23. The van der Waals surface area contributed by atoms with Gasteiger partial charge >= 0.3 is 0 Å². The highest BCUT2D eigenvalue weighted by molar-refractivity contribution is 5.40. The normalized spacial score (nSPS) is 18.4. The molecule has 1 aliphatic heterocycles. The summed E-state index contributed by atoms with van der Waals surface area (Å²) in [6, 6.07) is 12.3. The fourth-order valence-corrected chi connectivity index (χ4v) is 3.03. The Morgan fingerprint density at radius 3 is 2.55 bits per heavy atom. The minimum Gasteiger partial charge on any atom is -0.497 e. The molecule has 2 heterocycles. The number of ether oxygens (including phenoxy) is 2. The van der Waals surface area contributed by atoms with Crippen LogP contribution >= 0.6 is 0 Å². The van der Waals surface area contributed by atoms with Crippen molar-refractivity contribution in [3.8, 4) is 11.5 Å². The third kappa shape index (κ3) is 3.39. The maximum Gasteiger partial charge on any atom is 0.122 e.